The fraction of sp³-hybridized carbons (Fsp3) is 0.316. The van der Waals surface area contributed by atoms with E-state index in [0.717, 1.165) is 11.1 Å². The molecule has 0 saturated heterocycles. The fourth-order valence-corrected chi connectivity index (χ4v) is 1.78. The van der Waals surface area contributed by atoms with Gasteiger partial charge in [0, 0.05) is 24.6 Å². The third-order valence-corrected chi connectivity index (χ3v) is 2.83. The highest BCUT2D eigenvalue weighted by Crippen LogP contribution is 2.24. The minimum atomic E-state index is -0.379. The molecule has 1 aromatic carbocycles. The fourth-order valence-electron chi connectivity index (χ4n) is 1.78. The molecule has 1 rings (SSSR count). The van der Waals surface area contributed by atoms with Crippen LogP contribution in [0.25, 0.3) is 0 Å². The number of carbonyl (C=O) groups is 1. The maximum Gasteiger partial charge on any atom is 0.306 e. The van der Waals surface area contributed by atoms with E-state index in [1.807, 2.05) is 6.92 Å². The average molecular weight is 374 g/mol. The van der Waals surface area contributed by atoms with Gasteiger partial charge >= 0.3 is 5.97 Å². The first kappa shape index (κ1) is 21.7. The van der Waals surface area contributed by atoms with Crippen LogP contribution in [0.1, 0.15) is 18.9 Å². The molecule has 0 spiro atoms. The number of carbonyl (C=O) groups excluding carboxylic acids is 1. The van der Waals surface area contributed by atoms with E-state index in [0.29, 0.717) is 24.5 Å². The molecule has 0 atom stereocenters. The Morgan fingerprint density at radius 2 is 1.67 bits per heavy atom. The lowest BCUT2D eigenvalue weighted by molar-refractivity contribution is -0.291. The van der Waals surface area contributed by atoms with Crippen LogP contribution in [0.5, 0.6) is 11.5 Å². The van der Waals surface area contributed by atoms with Gasteiger partial charge in [-0.1, -0.05) is 12.2 Å². The number of nitrogens with two attached hydrogens (primary N) is 2. The number of hydrogen-bond acceptors (Lipinski definition) is 8. The van der Waals surface area contributed by atoms with Gasteiger partial charge in [-0.05, 0) is 31.0 Å². The van der Waals surface area contributed by atoms with Gasteiger partial charge in [-0.2, -0.15) is 0 Å². The summed E-state index contributed by atoms with van der Waals surface area (Å²) in [6.45, 7) is 5.99. The molecule has 144 valence electrons. The molecule has 27 heavy (non-hydrogen) atoms. The van der Waals surface area contributed by atoms with Crippen molar-refractivity contribution in [2.45, 2.75) is 19.8 Å². The second-order valence-electron chi connectivity index (χ2n) is 5.27. The van der Waals surface area contributed by atoms with Crippen molar-refractivity contribution in [1.29, 1.82) is 0 Å². The van der Waals surface area contributed by atoms with Gasteiger partial charge in [0.15, 0.2) is 0 Å². The van der Waals surface area contributed by atoms with Crippen molar-refractivity contribution in [2.24, 2.45) is 11.5 Å². The summed E-state index contributed by atoms with van der Waals surface area (Å²) < 4.78 is 15.3. The van der Waals surface area contributed by atoms with Crippen molar-refractivity contribution in [3.8, 4) is 35.8 Å². The minimum Gasteiger partial charge on any atom is -0.463 e. The Hall–Kier alpha value is -3.33. The first-order valence-corrected chi connectivity index (χ1v) is 7.98. The van der Waals surface area contributed by atoms with E-state index in [2.05, 4.69) is 30.9 Å². The molecule has 0 radical (unpaired) electrons. The third-order valence-electron chi connectivity index (χ3n) is 2.83. The molecule has 4 N–H and O–H groups in total. The Balaban J connectivity index is 2.48. The number of esters is 1. The van der Waals surface area contributed by atoms with Crippen molar-refractivity contribution in [3.63, 3.8) is 0 Å². The summed E-state index contributed by atoms with van der Waals surface area (Å²) in [5, 5.41) is 0. The van der Waals surface area contributed by atoms with E-state index >= 15 is 0 Å². The van der Waals surface area contributed by atoms with Crippen LogP contribution in [-0.4, -0.2) is 25.8 Å². The molecular formula is C19H22N2O6. The van der Waals surface area contributed by atoms with Gasteiger partial charge in [0.25, 0.3) is 0 Å². The van der Waals surface area contributed by atoms with E-state index in [1.165, 1.54) is 0 Å². The number of hydrogen-bond donors (Lipinski definition) is 2. The molecule has 0 amide bonds. The quantitative estimate of drug-likeness (QED) is 0.113. The largest absolute Gasteiger partial charge is 0.463 e. The topological polar surface area (TPSA) is 115 Å². The Labute approximate surface area is 158 Å². The van der Waals surface area contributed by atoms with Gasteiger partial charge in [-0.15, -0.1) is 0 Å². The zero-order chi connectivity index (χ0) is 19.9. The zero-order valence-electron chi connectivity index (χ0n) is 15.1. The number of aryl methyl sites for hydroxylation is 1. The molecule has 0 aliphatic heterocycles. The lowest BCUT2D eigenvalue weighted by Gasteiger charge is -2.08. The maximum atomic E-state index is 11.8. The van der Waals surface area contributed by atoms with E-state index in [4.69, 9.17) is 35.5 Å². The lowest BCUT2D eigenvalue weighted by Crippen LogP contribution is -2.12. The van der Waals surface area contributed by atoms with Crippen LogP contribution >= 0.6 is 0 Å². The Morgan fingerprint density at radius 1 is 1.04 bits per heavy atom. The first-order chi connectivity index (χ1) is 13.0. The Bertz CT molecular complexity index is 715. The van der Waals surface area contributed by atoms with Crippen molar-refractivity contribution in [1.82, 2.24) is 0 Å². The van der Waals surface area contributed by atoms with Crippen LogP contribution in [0.2, 0.25) is 0 Å². The summed E-state index contributed by atoms with van der Waals surface area (Å²) in [5.74, 6) is 0.419. The third kappa shape index (κ3) is 10.3. The van der Waals surface area contributed by atoms with Crippen molar-refractivity contribution in [2.75, 3.05) is 19.8 Å². The Kier molecular flexibility index (Phi) is 10.4. The normalized spacial score (nSPS) is 9.22. The summed E-state index contributed by atoms with van der Waals surface area (Å²) >= 11 is 0. The summed E-state index contributed by atoms with van der Waals surface area (Å²) in [6, 6.07) is 9.24. The highest BCUT2D eigenvalue weighted by molar-refractivity contribution is 5.69. The molecule has 0 aliphatic rings. The van der Waals surface area contributed by atoms with Crippen LogP contribution < -0.4 is 20.9 Å². The SMILES string of the molecule is C=C(C)COOCCOC(=O)CCc1cc(OC#CN)cc(OC#CN)c1. The van der Waals surface area contributed by atoms with Gasteiger partial charge in [0.1, 0.15) is 43.5 Å². The molecule has 0 saturated carbocycles. The first-order valence-electron chi connectivity index (χ1n) is 7.98. The summed E-state index contributed by atoms with van der Waals surface area (Å²) in [5.41, 5.74) is 11.8. The molecular weight excluding hydrogens is 352 g/mol. The van der Waals surface area contributed by atoms with Gasteiger partial charge in [0.05, 0.1) is 0 Å². The molecule has 0 bridgehead atoms. The van der Waals surface area contributed by atoms with Gasteiger partial charge in [-0.25, -0.2) is 9.78 Å². The monoisotopic (exact) mass is 374 g/mol. The van der Waals surface area contributed by atoms with Gasteiger partial charge in [-0.3, -0.25) is 4.79 Å². The van der Waals surface area contributed by atoms with E-state index in [9.17, 15) is 4.79 Å². The highest BCUT2D eigenvalue weighted by Gasteiger charge is 2.08. The van der Waals surface area contributed by atoms with Gasteiger partial charge < -0.3 is 25.7 Å². The van der Waals surface area contributed by atoms with Crippen LogP contribution in [0.4, 0.5) is 0 Å². The minimum absolute atomic E-state index is 0.0880. The predicted molar refractivity (Wildman–Crippen MR) is 97.6 cm³/mol. The molecule has 0 fully saturated rings. The van der Waals surface area contributed by atoms with E-state index < -0.39 is 0 Å². The Morgan fingerprint density at radius 3 is 2.22 bits per heavy atom. The van der Waals surface area contributed by atoms with Crippen LogP contribution in [0, 0.1) is 24.3 Å². The summed E-state index contributed by atoms with van der Waals surface area (Å²) in [6.07, 6.45) is 5.11. The second kappa shape index (κ2) is 13.0. The molecule has 0 aromatic heterocycles. The zero-order valence-corrected chi connectivity index (χ0v) is 15.1. The molecule has 0 aliphatic carbocycles. The molecule has 0 unspecified atom stereocenters. The molecule has 1 aromatic rings. The van der Waals surface area contributed by atoms with Crippen LogP contribution in [0.15, 0.2) is 30.4 Å². The maximum absolute atomic E-state index is 11.8. The van der Waals surface area contributed by atoms with Crippen molar-refractivity contribution < 1.29 is 28.8 Å². The van der Waals surface area contributed by atoms with Gasteiger partial charge in [0.2, 0.25) is 0 Å². The standard InChI is InChI=1S/C19H22N2O6/c1-15(2)14-27-26-10-9-25-19(22)4-3-16-11-17(23-7-5-20)13-18(12-16)24-8-6-21/h11-13H,1,3-4,9-10,14,20-21H2,2H3. The second-order valence-corrected chi connectivity index (χ2v) is 5.27. The molecule has 0 heterocycles. The van der Waals surface area contributed by atoms with Crippen molar-refractivity contribution in [3.05, 3.63) is 35.9 Å². The van der Waals surface area contributed by atoms with Crippen LogP contribution in [0.3, 0.4) is 0 Å². The number of rotatable bonds is 11. The highest BCUT2D eigenvalue weighted by atomic mass is 17.2. The molecule has 8 nitrogen and oxygen atoms in total. The van der Waals surface area contributed by atoms with E-state index in [-0.39, 0.29) is 25.6 Å². The molecule has 8 heteroatoms. The van der Waals surface area contributed by atoms with E-state index in [1.54, 1.807) is 18.2 Å². The summed E-state index contributed by atoms with van der Waals surface area (Å²) in [4.78, 5) is 21.5. The van der Waals surface area contributed by atoms with Crippen LogP contribution in [-0.2, 0) is 25.7 Å². The van der Waals surface area contributed by atoms with Crippen molar-refractivity contribution >= 4 is 5.97 Å². The summed E-state index contributed by atoms with van der Waals surface area (Å²) in [7, 11) is 0. The smallest absolute Gasteiger partial charge is 0.306 e. The average Bonchev–Trinajstić information content (AvgIpc) is 2.65. The number of benzene rings is 1. The lowest BCUT2D eigenvalue weighted by atomic mass is 10.1. The predicted octanol–water partition coefficient (Wildman–Crippen LogP) is 1.20. The number of ether oxygens (including phenoxy) is 3.